The fourth-order valence-corrected chi connectivity index (χ4v) is 3.85. The standard InChI is InChI=1S/C19H25N5O2/c1-11-15(12(2)22-21-11)10-18-20-19(13-3-4-13)23-24(18)14-5-6-16-17(9-14)26-8-7-25-16/h5-6,9,11-13,15,21-22H,3-4,7-8,10H2,1-2H3. The topological polar surface area (TPSA) is 73.2 Å². The lowest BCUT2D eigenvalue weighted by Crippen LogP contribution is -2.30. The molecule has 7 nitrogen and oxygen atoms in total. The molecule has 0 spiro atoms. The molecule has 2 fully saturated rings. The monoisotopic (exact) mass is 355 g/mol. The lowest BCUT2D eigenvalue weighted by atomic mass is 9.93. The van der Waals surface area contributed by atoms with Crippen LogP contribution in [0.1, 0.15) is 44.3 Å². The Kier molecular flexibility index (Phi) is 3.86. The number of ether oxygens (including phenoxy) is 2. The maximum Gasteiger partial charge on any atom is 0.163 e. The van der Waals surface area contributed by atoms with Gasteiger partial charge in [-0.1, -0.05) is 0 Å². The summed E-state index contributed by atoms with van der Waals surface area (Å²) < 4.78 is 13.4. The molecule has 2 aliphatic heterocycles. The zero-order valence-corrected chi connectivity index (χ0v) is 15.2. The summed E-state index contributed by atoms with van der Waals surface area (Å²) >= 11 is 0. The van der Waals surface area contributed by atoms with Gasteiger partial charge in [-0.2, -0.15) is 5.10 Å². The minimum Gasteiger partial charge on any atom is -0.486 e. The van der Waals surface area contributed by atoms with E-state index in [9.17, 15) is 0 Å². The molecule has 3 heterocycles. The first-order valence-electron chi connectivity index (χ1n) is 9.56. The van der Waals surface area contributed by atoms with Crippen LogP contribution in [-0.4, -0.2) is 40.1 Å². The van der Waals surface area contributed by atoms with Gasteiger partial charge in [0.1, 0.15) is 19.0 Å². The third kappa shape index (κ3) is 2.85. The van der Waals surface area contributed by atoms with E-state index in [1.807, 2.05) is 22.9 Å². The van der Waals surface area contributed by atoms with E-state index in [0.29, 0.717) is 37.1 Å². The number of fused-ring (bicyclic) bond motifs is 1. The van der Waals surface area contributed by atoms with Gasteiger partial charge in [-0.05, 0) is 44.7 Å². The van der Waals surface area contributed by atoms with Crippen molar-refractivity contribution in [3.05, 3.63) is 29.8 Å². The SMILES string of the molecule is CC1NNC(C)C1Cc1nc(C2CC2)nn1-c1ccc2c(c1)OCCO2. The fourth-order valence-electron chi connectivity index (χ4n) is 3.85. The van der Waals surface area contributed by atoms with Gasteiger partial charge in [-0.3, -0.25) is 10.9 Å². The van der Waals surface area contributed by atoms with Gasteiger partial charge < -0.3 is 9.47 Å². The second-order valence-corrected chi connectivity index (χ2v) is 7.63. The smallest absolute Gasteiger partial charge is 0.163 e. The van der Waals surface area contributed by atoms with E-state index < -0.39 is 0 Å². The van der Waals surface area contributed by atoms with Crippen LogP contribution in [0.15, 0.2) is 18.2 Å². The molecule has 1 saturated carbocycles. The Hall–Kier alpha value is -2.12. The van der Waals surface area contributed by atoms with Crippen molar-refractivity contribution in [3.8, 4) is 17.2 Å². The molecule has 7 heteroatoms. The molecule has 1 aromatic carbocycles. The van der Waals surface area contributed by atoms with Gasteiger partial charge >= 0.3 is 0 Å². The van der Waals surface area contributed by atoms with Crippen LogP contribution in [0.2, 0.25) is 0 Å². The van der Waals surface area contributed by atoms with Gasteiger partial charge in [0.25, 0.3) is 0 Å². The van der Waals surface area contributed by atoms with Crippen molar-refractivity contribution in [2.45, 2.75) is 51.1 Å². The van der Waals surface area contributed by atoms with Crippen LogP contribution in [-0.2, 0) is 6.42 Å². The predicted octanol–water partition coefficient (Wildman–Crippen LogP) is 1.96. The minimum absolute atomic E-state index is 0.403. The molecule has 1 aromatic heterocycles. The highest BCUT2D eigenvalue weighted by Crippen LogP contribution is 2.39. The summed E-state index contributed by atoms with van der Waals surface area (Å²) in [6.45, 7) is 5.62. The molecular weight excluding hydrogens is 330 g/mol. The number of benzene rings is 1. The van der Waals surface area contributed by atoms with Gasteiger partial charge in [-0.25, -0.2) is 9.67 Å². The summed E-state index contributed by atoms with van der Waals surface area (Å²) in [5.41, 5.74) is 7.66. The van der Waals surface area contributed by atoms with E-state index in [0.717, 1.165) is 35.3 Å². The second-order valence-electron chi connectivity index (χ2n) is 7.63. The summed E-state index contributed by atoms with van der Waals surface area (Å²) in [5, 5.41) is 4.85. The maximum absolute atomic E-state index is 5.75. The average molecular weight is 355 g/mol. The molecule has 2 aromatic rings. The number of hydrazine groups is 1. The van der Waals surface area contributed by atoms with Crippen LogP contribution in [0.4, 0.5) is 0 Å². The van der Waals surface area contributed by atoms with E-state index in [1.165, 1.54) is 12.8 Å². The molecule has 2 unspecified atom stereocenters. The fraction of sp³-hybridized carbons (Fsp3) is 0.579. The molecule has 0 amide bonds. The Morgan fingerprint density at radius 3 is 2.54 bits per heavy atom. The van der Waals surface area contributed by atoms with Crippen LogP contribution in [0.25, 0.3) is 5.69 Å². The Balaban J connectivity index is 1.51. The molecule has 0 bridgehead atoms. The van der Waals surface area contributed by atoms with Gasteiger partial charge in [-0.15, -0.1) is 0 Å². The average Bonchev–Trinajstić information content (AvgIpc) is 3.36. The Morgan fingerprint density at radius 1 is 1.08 bits per heavy atom. The van der Waals surface area contributed by atoms with Gasteiger partial charge in [0.15, 0.2) is 17.3 Å². The first-order chi connectivity index (χ1) is 12.7. The minimum atomic E-state index is 0.403. The van der Waals surface area contributed by atoms with Crippen LogP contribution in [0.3, 0.4) is 0 Å². The highest BCUT2D eigenvalue weighted by Gasteiger charge is 2.34. The zero-order chi connectivity index (χ0) is 17.7. The molecule has 1 saturated heterocycles. The summed E-state index contributed by atoms with van der Waals surface area (Å²) in [4.78, 5) is 4.92. The third-order valence-corrected chi connectivity index (χ3v) is 5.64. The van der Waals surface area contributed by atoms with Gasteiger partial charge in [0, 0.05) is 30.5 Å². The predicted molar refractivity (Wildman–Crippen MR) is 96.7 cm³/mol. The molecule has 1 aliphatic carbocycles. The Morgan fingerprint density at radius 2 is 1.81 bits per heavy atom. The number of rotatable bonds is 4. The van der Waals surface area contributed by atoms with Crippen LogP contribution < -0.4 is 20.3 Å². The van der Waals surface area contributed by atoms with Crippen LogP contribution >= 0.6 is 0 Å². The van der Waals surface area contributed by atoms with Crippen LogP contribution in [0, 0.1) is 5.92 Å². The number of aromatic nitrogens is 3. The lowest BCUT2D eigenvalue weighted by molar-refractivity contribution is 0.171. The third-order valence-electron chi connectivity index (χ3n) is 5.64. The maximum atomic E-state index is 5.75. The number of hydrogen-bond acceptors (Lipinski definition) is 6. The number of nitrogens with one attached hydrogen (secondary N) is 2. The number of nitrogens with zero attached hydrogens (tertiary/aromatic N) is 3. The normalized spacial score (nSPS) is 27.7. The molecule has 3 aliphatic rings. The summed E-state index contributed by atoms with van der Waals surface area (Å²) in [5.74, 6) is 4.60. The van der Waals surface area contributed by atoms with E-state index in [1.54, 1.807) is 0 Å². The molecule has 138 valence electrons. The number of hydrogen-bond donors (Lipinski definition) is 2. The zero-order valence-electron chi connectivity index (χ0n) is 15.2. The summed E-state index contributed by atoms with van der Waals surface area (Å²) in [6, 6.07) is 6.83. The van der Waals surface area contributed by atoms with Crippen molar-refractivity contribution in [1.82, 2.24) is 25.6 Å². The largest absolute Gasteiger partial charge is 0.486 e. The van der Waals surface area contributed by atoms with E-state index in [-0.39, 0.29) is 0 Å². The molecule has 5 rings (SSSR count). The summed E-state index contributed by atoms with van der Waals surface area (Å²) in [7, 11) is 0. The van der Waals surface area contributed by atoms with E-state index in [4.69, 9.17) is 19.6 Å². The molecule has 0 radical (unpaired) electrons. The van der Waals surface area contributed by atoms with Crippen molar-refractivity contribution >= 4 is 0 Å². The van der Waals surface area contributed by atoms with Gasteiger partial charge in [0.05, 0.1) is 5.69 Å². The Bertz CT molecular complexity index is 806. The van der Waals surface area contributed by atoms with Crippen molar-refractivity contribution in [1.29, 1.82) is 0 Å². The van der Waals surface area contributed by atoms with E-state index in [2.05, 4.69) is 24.7 Å². The first-order valence-corrected chi connectivity index (χ1v) is 9.56. The highest BCUT2D eigenvalue weighted by atomic mass is 16.6. The molecule has 26 heavy (non-hydrogen) atoms. The Labute approximate surface area is 153 Å². The molecular formula is C19H25N5O2. The van der Waals surface area contributed by atoms with Crippen molar-refractivity contribution < 1.29 is 9.47 Å². The molecule has 2 N–H and O–H groups in total. The quantitative estimate of drug-likeness (QED) is 0.873. The lowest BCUT2D eigenvalue weighted by Gasteiger charge is -2.20. The second kappa shape index (κ2) is 6.25. The van der Waals surface area contributed by atoms with Crippen molar-refractivity contribution in [2.75, 3.05) is 13.2 Å². The molecule has 2 atom stereocenters. The van der Waals surface area contributed by atoms with E-state index >= 15 is 0 Å². The highest BCUT2D eigenvalue weighted by molar-refractivity contribution is 5.49. The van der Waals surface area contributed by atoms with Gasteiger partial charge in [0.2, 0.25) is 0 Å². The van der Waals surface area contributed by atoms with Crippen molar-refractivity contribution in [3.63, 3.8) is 0 Å². The van der Waals surface area contributed by atoms with Crippen LogP contribution in [0.5, 0.6) is 11.5 Å². The first kappa shape index (κ1) is 16.1. The summed E-state index contributed by atoms with van der Waals surface area (Å²) in [6.07, 6.45) is 3.28. The van der Waals surface area contributed by atoms with Crippen molar-refractivity contribution in [2.24, 2.45) is 5.92 Å².